The van der Waals surface area contributed by atoms with Crippen LogP contribution in [0.25, 0.3) is 0 Å². The number of ether oxygens (including phenoxy) is 1. The Labute approximate surface area is 77.8 Å². The van der Waals surface area contributed by atoms with E-state index in [-0.39, 0.29) is 12.5 Å². The van der Waals surface area contributed by atoms with Crippen LogP contribution >= 0.6 is 0 Å². The Bertz CT molecular complexity index is 194. The number of hydrogen-bond donors (Lipinski definition) is 1. The lowest BCUT2D eigenvalue weighted by Crippen LogP contribution is -2.44. The Morgan fingerprint density at radius 3 is 2.38 bits per heavy atom. The number of methoxy groups -OCH3 is 1. The van der Waals surface area contributed by atoms with Gasteiger partial charge in [0.25, 0.3) is 0 Å². The highest BCUT2D eigenvalue weighted by atomic mass is 16.5. The van der Waals surface area contributed by atoms with Crippen molar-refractivity contribution in [1.29, 1.82) is 0 Å². The zero-order valence-corrected chi connectivity index (χ0v) is 8.24. The van der Waals surface area contributed by atoms with Crippen LogP contribution in [0, 0.1) is 0 Å². The third kappa shape index (κ3) is 3.89. The normalized spacial score (nSPS) is 12.6. The van der Waals surface area contributed by atoms with Crippen molar-refractivity contribution in [3.63, 3.8) is 0 Å². The summed E-state index contributed by atoms with van der Waals surface area (Å²) in [5.74, 6) is -0.795. The van der Waals surface area contributed by atoms with Crippen molar-refractivity contribution in [2.45, 2.75) is 19.4 Å². The minimum Gasteiger partial charge on any atom is -0.468 e. The third-order valence-electron chi connectivity index (χ3n) is 1.85. The highest BCUT2D eigenvalue weighted by molar-refractivity contribution is 5.80. The van der Waals surface area contributed by atoms with Crippen LogP contribution in [-0.4, -0.2) is 43.5 Å². The standard InChI is InChI=1S/C8H16N2O3/c1-4-6(8(9)12)10(2)5-7(11)13-3/h6H,4-5H2,1-3H3,(H2,9,12). The van der Waals surface area contributed by atoms with Crippen molar-refractivity contribution in [3.05, 3.63) is 0 Å². The number of hydrogen-bond acceptors (Lipinski definition) is 4. The van der Waals surface area contributed by atoms with Gasteiger partial charge in [-0.1, -0.05) is 6.92 Å². The number of primary amides is 1. The molecule has 0 saturated heterocycles. The average molecular weight is 188 g/mol. The number of likely N-dealkylation sites (N-methyl/N-ethyl adjacent to an activating group) is 1. The molecule has 5 heteroatoms. The van der Waals surface area contributed by atoms with E-state index in [0.717, 1.165) is 0 Å². The van der Waals surface area contributed by atoms with Crippen LogP contribution in [0.1, 0.15) is 13.3 Å². The molecule has 1 atom stereocenters. The van der Waals surface area contributed by atoms with Gasteiger partial charge in [0.05, 0.1) is 19.7 Å². The van der Waals surface area contributed by atoms with Crippen LogP contribution in [0.15, 0.2) is 0 Å². The summed E-state index contributed by atoms with van der Waals surface area (Å²) in [4.78, 5) is 23.3. The Balaban J connectivity index is 4.13. The molecule has 0 bridgehead atoms. The Morgan fingerprint density at radius 2 is 2.08 bits per heavy atom. The molecule has 0 aliphatic rings. The quantitative estimate of drug-likeness (QED) is 0.582. The molecule has 0 aromatic carbocycles. The largest absolute Gasteiger partial charge is 0.468 e. The van der Waals surface area contributed by atoms with Gasteiger partial charge >= 0.3 is 5.97 Å². The molecule has 0 aromatic rings. The molecule has 1 unspecified atom stereocenters. The summed E-state index contributed by atoms with van der Waals surface area (Å²) in [6, 6.07) is -0.404. The first-order valence-corrected chi connectivity index (χ1v) is 4.09. The predicted molar refractivity (Wildman–Crippen MR) is 47.9 cm³/mol. The Kier molecular flexibility index (Phi) is 5.06. The van der Waals surface area contributed by atoms with Crippen molar-refractivity contribution in [2.24, 2.45) is 5.73 Å². The molecule has 0 spiro atoms. The number of nitrogens with two attached hydrogens (primary N) is 1. The van der Waals surface area contributed by atoms with E-state index < -0.39 is 11.9 Å². The highest BCUT2D eigenvalue weighted by Gasteiger charge is 2.20. The number of carbonyl (C=O) groups excluding carboxylic acids is 2. The van der Waals surface area contributed by atoms with Gasteiger partial charge in [0, 0.05) is 0 Å². The fraction of sp³-hybridized carbons (Fsp3) is 0.750. The Morgan fingerprint density at radius 1 is 1.54 bits per heavy atom. The van der Waals surface area contributed by atoms with E-state index in [4.69, 9.17) is 5.73 Å². The first-order valence-electron chi connectivity index (χ1n) is 4.09. The molecular formula is C8H16N2O3. The summed E-state index contributed by atoms with van der Waals surface area (Å²) in [6.07, 6.45) is 0.586. The van der Waals surface area contributed by atoms with E-state index >= 15 is 0 Å². The summed E-state index contributed by atoms with van der Waals surface area (Å²) >= 11 is 0. The second-order valence-electron chi connectivity index (χ2n) is 2.82. The maximum absolute atomic E-state index is 10.9. The van der Waals surface area contributed by atoms with Crippen LogP contribution in [0.2, 0.25) is 0 Å². The lowest BCUT2D eigenvalue weighted by Gasteiger charge is -2.22. The van der Waals surface area contributed by atoms with Crippen LogP contribution in [0.4, 0.5) is 0 Å². The lowest BCUT2D eigenvalue weighted by atomic mass is 10.2. The fourth-order valence-corrected chi connectivity index (χ4v) is 1.11. The summed E-state index contributed by atoms with van der Waals surface area (Å²) in [7, 11) is 2.97. The summed E-state index contributed by atoms with van der Waals surface area (Å²) < 4.78 is 4.46. The summed E-state index contributed by atoms with van der Waals surface area (Å²) in [6.45, 7) is 1.92. The Hall–Kier alpha value is -1.10. The summed E-state index contributed by atoms with van der Waals surface area (Å²) in [5, 5.41) is 0. The highest BCUT2D eigenvalue weighted by Crippen LogP contribution is 2.00. The van der Waals surface area contributed by atoms with Crippen molar-refractivity contribution < 1.29 is 14.3 Å². The van der Waals surface area contributed by atoms with Crippen molar-refractivity contribution in [2.75, 3.05) is 20.7 Å². The first-order chi connectivity index (χ1) is 6.02. The molecule has 1 amide bonds. The zero-order chi connectivity index (χ0) is 10.4. The molecule has 76 valence electrons. The second-order valence-corrected chi connectivity index (χ2v) is 2.82. The van der Waals surface area contributed by atoms with Crippen molar-refractivity contribution in [3.8, 4) is 0 Å². The minimum absolute atomic E-state index is 0.0813. The van der Waals surface area contributed by atoms with E-state index in [9.17, 15) is 9.59 Å². The average Bonchev–Trinajstić information content (AvgIpc) is 2.04. The van der Waals surface area contributed by atoms with E-state index in [1.54, 1.807) is 11.9 Å². The third-order valence-corrected chi connectivity index (χ3v) is 1.85. The summed E-state index contributed by atoms with van der Waals surface area (Å²) in [5.41, 5.74) is 5.13. The van der Waals surface area contributed by atoms with Crippen molar-refractivity contribution >= 4 is 11.9 Å². The van der Waals surface area contributed by atoms with Crippen LogP contribution in [0.3, 0.4) is 0 Å². The van der Waals surface area contributed by atoms with Gasteiger partial charge in [-0.25, -0.2) is 0 Å². The first kappa shape index (κ1) is 11.9. The minimum atomic E-state index is -0.422. The molecule has 0 rings (SSSR count). The number of esters is 1. The van der Waals surface area contributed by atoms with Gasteiger partial charge in [0.1, 0.15) is 0 Å². The van der Waals surface area contributed by atoms with Crippen LogP contribution in [0.5, 0.6) is 0 Å². The zero-order valence-electron chi connectivity index (χ0n) is 8.24. The number of rotatable bonds is 5. The SMILES string of the molecule is CCC(C(N)=O)N(C)CC(=O)OC. The van der Waals surface area contributed by atoms with Gasteiger partial charge in [-0.3, -0.25) is 14.5 Å². The van der Waals surface area contributed by atoms with Crippen molar-refractivity contribution in [1.82, 2.24) is 4.90 Å². The topological polar surface area (TPSA) is 72.6 Å². The van der Waals surface area contributed by atoms with Crippen LogP contribution < -0.4 is 5.73 Å². The number of amides is 1. The molecule has 0 fully saturated rings. The monoisotopic (exact) mass is 188 g/mol. The van der Waals surface area contributed by atoms with Gasteiger partial charge in [-0.15, -0.1) is 0 Å². The number of carbonyl (C=O) groups is 2. The molecule has 0 aromatic heterocycles. The van der Waals surface area contributed by atoms with Gasteiger partial charge in [0.2, 0.25) is 5.91 Å². The molecule has 0 saturated carbocycles. The smallest absolute Gasteiger partial charge is 0.319 e. The number of nitrogens with zero attached hydrogens (tertiary/aromatic N) is 1. The van der Waals surface area contributed by atoms with Crippen LogP contribution in [-0.2, 0) is 14.3 Å². The molecule has 0 aliphatic carbocycles. The molecule has 0 heterocycles. The van der Waals surface area contributed by atoms with E-state index in [0.29, 0.717) is 6.42 Å². The molecule has 2 N–H and O–H groups in total. The predicted octanol–water partition coefficient (Wildman–Crippen LogP) is -0.645. The van der Waals surface area contributed by atoms with Gasteiger partial charge in [-0.2, -0.15) is 0 Å². The molecular weight excluding hydrogens is 172 g/mol. The maximum atomic E-state index is 10.9. The van der Waals surface area contributed by atoms with Gasteiger partial charge < -0.3 is 10.5 Å². The molecule has 0 radical (unpaired) electrons. The molecule has 0 aliphatic heterocycles. The maximum Gasteiger partial charge on any atom is 0.319 e. The van der Waals surface area contributed by atoms with Gasteiger partial charge in [-0.05, 0) is 13.5 Å². The van der Waals surface area contributed by atoms with E-state index in [1.807, 2.05) is 6.92 Å². The van der Waals surface area contributed by atoms with Gasteiger partial charge in [0.15, 0.2) is 0 Å². The molecule has 13 heavy (non-hydrogen) atoms. The van der Waals surface area contributed by atoms with E-state index in [1.165, 1.54) is 7.11 Å². The molecule has 5 nitrogen and oxygen atoms in total. The lowest BCUT2D eigenvalue weighted by molar-refractivity contribution is -0.142. The second kappa shape index (κ2) is 5.53. The fourth-order valence-electron chi connectivity index (χ4n) is 1.11. The van der Waals surface area contributed by atoms with E-state index in [2.05, 4.69) is 4.74 Å².